The topological polar surface area (TPSA) is 17.1 Å². The number of rotatable bonds is 2. The van der Waals surface area contributed by atoms with Crippen LogP contribution in [0, 0.1) is 0 Å². The van der Waals surface area contributed by atoms with Crippen molar-refractivity contribution in [3.63, 3.8) is 0 Å². The molecule has 0 bridgehead atoms. The number of carbonyl (C=O) groups is 1. The summed E-state index contributed by atoms with van der Waals surface area (Å²) in [6.45, 7) is 0. The van der Waals surface area contributed by atoms with Crippen LogP contribution in [0.25, 0.3) is 0 Å². The fraction of sp³-hybridized carbons (Fsp3) is 0.125. The Balaban J connectivity index is 3.15. The molecule has 1 rings (SSSR count). The Labute approximate surface area is 86.8 Å². The van der Waals surface area contributed by atoms with E-state index in [0.717, 1.165) is 0 Å². The Morgan fingerprint density at radius 3 is 2.62 bits per heavy atom. The van der Waals surface area contributed by atoms with E-state index >= 15 is 0 Å². The lowest BCUT2D eigenvalue weighted by molar-refractivity contribution is 0.0679. The van der Waals surface area contributed by atoms with Crippen LogP contribution in [0.3, 0.4) is 0 Å². The highest BCUT2D eigenvalue weighted by atomic mass is 79.9. The molecule has 1 nitrogen and oxygen atoms in total. The summed E-state index contributed by atoms with van der Waals surface area (Å²) in [4.78, 5) is 10.9. The monoisotopic (exact) mass is 268 g/mol. The lowest BCUT2D eigenvalue weighted by atomic mass is 10.1. The molecule has 0 aliphatic heterocycles. The summed E-state index contributed by atoms with van der Waals surface area (Å²) in [7, 11) is 0. The van der Waals surface area contributed by atoms with Gasteiger partial charge in [0.15, 0.2) is 0 Å². The Morgan fingerprint density at radius 1 is 1.46 bits per heavy atom. The molecule has 0 atom stereocenters. The number of halogens is 4. The Bertz CT molecular complexity index is 341. The number of hydrogen-bond donors (Lipinski definition) is 0. The van der Waals surface area contributed by atoms with E-state index in [2.05, 4.69) is 15.9 Å². The van der Waals surface area contributed by atoms with E-state index in [1.807, 2.05) is 0 Å². The highest BCUT2D eigenvalue weighted by Crippen LogP contribution is 2.27. The predicted octanol–water partition coefficient (Wildman–Crippen LogP) is 3.55. The molecular weight excluding hydrogens is 265 g/mol. The summed E-state index contributed by atoms with van der Waals surface area (Å²) in [6.07, 6.45) is -3.02. The van der Waals surface area contributed by atoms with E-state index in [1.165, 1.54) is 12.1 Å². The van der Waals surface area contributed by atoms with Gasteiger partial charge in [0.1, 0.15) is 0 Å². The molecule has 13 heavy (non-hydrogen) atoms. The van der Waals surface area contributed by atoms with E-state index in [4.69, 9.17) is 11.6 Å². The molecule has 0 aromatic heterocycles. The summed E-state index contributed by atoms with van der Waals surface area (Å²) in [6, 6.07) is 4.32. The highest BCUT2D eigenvalue weighted by molar-refractivity contribution is 9.10. The van der Waals surface area contributed by atoms with E-state index in [0.29, 0.717) is 4.47 Å². The standard InChI is InChI=1S/C8H4BrClF2O/c9-5-3-1-2-4(6(5)10)7(13)8(11)12/h1-3,8H. The molecule has 0 unspecified atom stereocenters. The van der Waals surface area contributed by atoms with Gasteiger partial charge in [-0.1, -0.05) is 17.7 Å². The highest BCUT2D eigenvalue weighted by Gasteiger charge is 2.20. The average Bonchev–Trinajstić information content (AvgIpc) is 2.08. The van der Waals surface area contributed by atoms with E-state index in [1.54, 1.807) is 6.07 Å². The molecule has 0 radical (unpaired) electrons. The van der Waals surface area contributed by atoms with Gasteiger partial charge in [-0.15, -0.1) is 0 Å². The first-order valence-electron chi connectivity index (χ1n) is 3.30. The van der Waals surface area contributed by atoms with Crippen LogP contribution in [0.4, 0.5) is 8.78 Å². The molecule has 1 aromatic carbocycles. The quantitative estimate of drug-likeness (QED) is 0.750. The van der Waals surface area contributed by atoms with Gasteiger partial charge in [0.2, 0.25) is 5.78 Å². The van der Waals surface area contributed by atoms with Crippen LogP contribution in [0.2, 0.25) is 5.02 Å². The first-order valence-corrected chi connectivity index (χ1v) is 4.47. The number of hydrogen-bond acceptors (Lipinski definition) is 1. The normalized spacial score (nSPS) is 10.5. The fourth-order valence-corrected chi connectivity index (χ4v) is 1.40. The molecule has 0 aliphatic carbocycles. The van der Waals surface area contributed by atoms with Crippen molar-refractivity contribution < 1.29 is 13.6 Å². The third-order valence-corrected chi connectivity index (χ3v) is 2.71. The van der Waals surface area contributed by atoms with Crippen molar-refractivity contribution in [1.29, 1.82) is 0 Å². The van der Waals surface area contributed by atoms with Crippen molar-refractivity contribution in [2.45, 2.75) is 6.43 Å². The van der Waals surface area contributed by atoms with Crippen molar-refractivity contribution in [3.05, 3.63) is 33.3 Å². The van der Waals surface area contributed by atoms with Gasteiger partial charge < -0.3 is 0 Å². The predicted molar refractivity (Wildman–Crippen MR) is 49.5 cm³/mol. The van der Waals surface area contributed by atoms with Crippen molar-refractivity contribution in [3.8, 4) is 0 Å². The lowest BCUT2D eigenvalue weighted by Gasteiger charge is -2.03. The minimum Gasteiger partial charge on any atom is -0.288 e. The third-order valence-electron chi connectivity index (χ3n) is 1.42. The summed E-state index contributed by atoms with van der Waals surface area (Å²) in [5.41, 5.74) is -0.161. The van der Waals surface area contributed by atoms with Crippen molar-refractivity contribution in [1.82, 2.24) is 0 Å². The number of alkyl halides is 2. The molecule has 0 amide bonds. The van der Waals surface area contributed by atoms with Gasteiger partial charge in [-0.2, -0.15) is 0 Å². The average molecular weight is 269 g/mol. The second-order valence-corrected chi connectivity index (χ2v) is 3.50. The summed E-state index contributed by atoms with van der Waals surface area (Å²) >= 11 is 8.67. The third kappa shape index (κ3) is 2.25. The zero-order valence-corrected chi connectivity index (χ0v) is 8.57. The van der Waals surface area contributed by atoms with Gasteiger partial charge in [-0.25, -0.2) is 8.78 Å². The van der Waals surface area contributed by atoms with E-state index in [9.17, 15) is 13.6 Å². The van der Waals surface area contributed by atoms with Gasteiger partial charge in [-0.3, -0.25) is 4.79 Å². The second kappa shape index (κ2) is 4.15. The summed E-state index contributed by atoms with van der Waals surface area (Å²) in [5, 5.41) is 0.0211. The Kier molecular flexibility index (Phi) is 3.39. The number of carbonyl (C=O) groups excluding carboxylic acids is 1. The SMILES string of the molecule is O=C(c1cccc(Br)c1Cl)C(F)F. The van der Waals surface area contributed by atoms with Crippen LogP contribution in [0.5, 0.6) is 0 Å². The van der Waals surface area contributed by atoms with E-state index in [-0.39, 0.29) is 10.6 Å². The van der Waals surface area contributed by atoms with Crippen LogP contribution in [0.15, 0.2) is 22.7 Å². The Morgan fingerprint density at radius 2 is 2.08 bits per heavy atom. The summed E-state index contributed by atoms with van der Waals surface area (Å²) < 4.78 is 24.4. The molecule has 0 aliphatic rings. The van der Waals surface area contributed by atoms with E-state index < -0.39 is 12.2 Å². The zero-order chi connectivity index (χ0) is 10.0. The van der Waals surface area contributed by atoms with Gasteiger partial charge in [0.25, 0.3) is 0 Å². The van der Waals surface area contributed by atoms with Crippen LogP contribution in [0.1, 0.15) is 10.4 Å². The molecule has 1 aromatic rings. The van der Waals surface area contributed by atoms with Gasteiger partial charge in [0.05, 0.1) is 5.02 Å². The number of Topliss-reactive ketones (excluding diaryl/α,β-unsaturated/α-hetero) is 1. The molecule has 0 spiro atoms. The minimum absolute atomic E-state index is 0.0211. The molecule has 0 saturated carbocycles. The minimum atomic E-state index is -3.02. The fourth-order valence-electron chi connectivity index (χ4n) is 0.812. The van der Waals surface area contributed by atoms with Gasteiger partial charge in [0, 0.05) is 10.0 Å². The Hall–Kier alpha value is -0.480. The maximum atomic E-state index is 12.0. The molecule has 0 heterocycles. The molecule has 5 heteroatoms. The largest absolute Gasteiger partial charge is 0.300 e. The van der Waals surface area contributed by atoms with Crippen molar-refractivity contribution in [2.24, 2.45) is 0 Å². The molecule has 0 saturated heterocycles. The lowest BCUT2D eigenvalue weighted by Crippen LogP contribution is -2.10. The molecule has 0 N–H and O–H groups in total. The van der Waals surface area contributed by atoms with Crippen LogP contribution < -0.4 is 0 Å². The summed E-state index contributed by atoms with van der Waals surface area (Å²) in [5.74, 6) is -1.26. The zero-order valence-electron chi connectivity index (χ0n) is 6.23. The maximum absolute atomic E-state index is 12.0. The van der Waals surface area contributed by atoms with Crippen molar-refractivity contribution in [2.75, 3.05) is 0 Å². The van der Waals surface area contributed by atoms with Crippen LogP contribution in [-0.2, 0) is 0 Å². The smallest absolute Gasteiger partial charge is 0.288 e. The maximum Gasteiger partial charge on any atom is 0.300 e. The molecule has 0 fully saturated rings. The first kappa shape index (κ1) is 10.6. The van der Waals surface area contributed by atoms with Gasteiger partial charge >= 0.3 is 6.43 Å². The molecular formula is C8H4BrClF2O. The number of benzene rings is 1. The molecule has 70 valence electrons. The van der Waals surface area contributed by atoms with Crippen LogP contribution in [-0.4, -0.2) is 12.2 Å². The van der Waals surface area contributed by atoms with Crippen molar-refractivity contribution >= 4 is 33.3 Å². The second-order valence-electron chi connectivity index (χ2n) is 2.27. The van der Waals surface area contributed by atoms with Crippen LogP contribution >= 0.6 is 27.5 Å². The number of ketones is 1. The first-order chi connectivity index (χ1) is 6.04. The van der Waals surface area contributed by atoms with Gasteiger partial charge in [-0.05, 0) is 28.1 Å².